The molecule has 14 heavy (non-hydrogen) atoms. The maximum atomic E-state index is 9.39. The molecule has 0 fully saturated rings. The van der Waals surface area contributed by atoms with E-state index in [1.165, 1.54) is 0 Å². The van der Waals surface area contributed by atoms with Crippen molar-refractivity contribution >= 4 is 0 Å². The first-order valence-electron chi connectivity index (χ1n) is 4.59. The highest BCUT2D eigenvalue weighted by Gasteiger charge is 2.13. The van der Waals surface area contributed by atoms with Gasteiger partial charge in [-0.15, -0.1) is 0 Å². The van der Waals surface area contributed by atoms with Crippen LogP contribution >= 0.6 is 0 Å². The highest BCUT2D eigenvalue weighted by molar-refractivity contribution is 5.41. The fourth-order valence-electron chi connectivity index (χ4n) is 1.33. The second-order valence-corrected chi connectivity index (χ2v) is 3.57. The second-order valence-electron chi connectivity index (χ2n) is 3.57. The predicted molar refractivity (Wildman–Crippen MR) is 56.8 cm³/mol. The van der Waals surface area contributed by atoms with E-state index in [2.05, 4.69) is 11.8 Å². The fourth-order valence-corrected chi connectivity index (χ4v) is 1.33. The Morgan fingerprint density at radius 1 is 1.36 bits per heavy atom. The minimum atomic E-state index is 0.219. The van der Waals surface area contributed by atoms with Crippen LogP contribution in [0.25, 0.3) is 0 Å². The third-order valence-electron chi connectivity index (χ3n) is 2.44. The molecule has 0 spiro atoms. The summed E-state index contributed by atoms with van der Waals surface area (Å²) in [5.41, 5.74) is 0.998. The summed E-state index contributed by atoms with van der Waals surface area (Å²) < 4.78 is 5.23. The average molecular weight is 195 g/mol. The number of phenols is 1. The Bertz CT molecular complexity index is 310. The minimum absolute atomic E-state index is 0.219. The largest absolute Gasteiger partial charge is 0.508 e. The maximum Gasteiger partial charge on any atom is 0.123 e. The Labute approximate surface area is 84.9 Å². The SMILES string of the molecule is COc1ccc(O)cc1C(C)N(C)C. The van der Waals surface area contributed by atoms with Gasteiger partial charge in [0.1, 0.15) is 11.5 Å². The van der Waals surface area contributed by atoms with Gasteiger partial charge in [-0.3, -0.25) is 0 Å². The van der Waals surface area contributed by atoms with Crippen molar-refractivity contribution in [3.05, 3.63) is 23.8 Å². The molecular weight excluding hydrogens is 178 g/mol. The molecule has 0 amide bonds. The third kappa shape index (κ3) is 2.17. The van der Waals surface area contributed by atoms with E-state index < -0.39 is 0 Å². The van der Waals surface area contributed by atoms with Gasteiger partial charge in [-0.05, 0) is 39.2 Å². The van der Waals surface area contributed by atoms with Gasteiger partial charge in [0.25, 0.3) is 0 Å². The summed E-state index contributed by atoms with van der Waals surface area (Å²) in [6.07, 6.45) is 0. The van der Waals surface area contributed by atoms with E-state index >= 15 is 0 Å². The monoisotopic (exact) mass is 195 g/mol. The first kappa shape index (κ1) is 10.9. The van der Waals surface area contributed by atoms with Crippen molar-refractivity contribution in [3.63, 3.8) is 0 Å². The number of benzene rings is 1. The lowest BCUT2D eigenvalue weighted by molar-refractivity contribution is 0.307. The number of hydrogen-bond donors (Lipinski definition) is 1. The summed E-state index contributed by atoms with van der Waals surface area (Å²) in [5.74, 6) is 1.08. The number of aromatic hydroxyl groups is 1. The third-order valence-corrected chi connectivity index (χ3v) is 2.44. The number of rotatable bonds is 3. The zero-order valence-electron chi connectivity index (χ0n) is 9.11. The quantitative estimate of drug-likeness (QED) is 0.801. The molecule has 3 nitrogen and oxygen atoms in total. The Morgan fingerprint density at radius 3 is 2.50 bits per heavy atom. The van der Waals surface area contributed by atoms with Gasteiger partial charge >= 0.3 is 0 Å². The molecule has 0 aliphatic carbocycles. The van der Waals surface area contributed by atoms with Crippen LogP contribution in [0.2, 0.25) is 0 Å². The number of methoxy groups -OCH3 is 1. The lowest BCUT2D eigenvalue weighted by Crippen LogP contribution is -2.17. The Morgan fingerprint density at radius 2 is 2.00 bits per heavy atom. The first-order chi connectivity index (χ1) is 6.56. The Hall–Kier alpha value is -1.22. The van der Waals surface area contributed by atoms with E-state index in [1.54, 1.807) is 25.3 Å². The molecule has 3 heteroatoms. The van der Waals surface area contributed by atoms with Gasteiger partial charge in [0.15, 0.2) is 0 Å². The molecule has 78 valence electrons. The summed E-state index contributed by atoms with van der Waals surface area (Å²) >= 11 is 0. The zero-order valence-corrected chi connectivity index (χ0v) is 9.11. The normalized spacial score (nSPS) is 12.9. The van der Waals surface area contributed by atoms with Crippen LogP contribution in [0.3, 0.4) is 0 Å². The molecule has 1 unspecified atom stereocenters. The smallest absolute Gasteiger partial charge is 0.123 e. The van der Waals surface area contributed by atoms with Crippen molar-refractivity contribution in [2.45, 2.75) is 13.0 Å². The minimum Gasteiger partial charge on any atom is -0.508 e. The lowest BCUT2D eigenvalue weighted by atomic mass is 10.1. The molecule has 0 aliphatic rings. The highest BCUT2D eigenvalue weighted by Crippen LogP contribution is 2.30. The van der Waals surface area contributed by atoms with Crippen LogP contribution in [0.1, 0.15) is 18.5 Å². The second kappa shape index (κ2) is 4.33. The predicted octanol–water partition coefficient (Wildman–Crippen LogP) is 2.02. The molecule has 0 bridgehead atoms. The van der Waals surface area contributed by atoms with Crippen molar-refractivity contribution in [2.24, 2.45) is 0 Å². The molecule has 1 rings (SSSR count). The van der Waals surface area contributed by atoms with Crippen molar-refractivity contribution in [2.75, 3.05) is 21.2 Å². The van der Waals surface area contributed by atoms with Crippen molar-refractivity contribution in [1.82, 2.24) is 4.90 Å². The first-order valence-corrected chi connectivity index (χ1v) is 4.59. The average Bonchev–Trinajstić information content (AvgIpc) is 2.16. The number of hydrogen-bond acceptors (Lipinski definition) is 3. The van der Waals surface area contributed by atoms with Crippen molar-refractivity contribution < 1.29 is 9.84 Å². The van der Waals surface area contributed by atoms with E-state index in [0.29, 0.717) is 0 Å². The molecule has 0 radical (unpaired) electrons. The fraction of sp³-hybridized carbons (Fsp3) is 0.455. The number of phenolic OH excluding ortho intramolecular Hbond substituents is 1. The van der Waals surface area contributed by atoms with Gasteiger partial charge in [-0.1, -0.05) is 0 Å². The molecule has 0 heterocycles. The molecule has 0 aromatic heterocycles. The van der Waals surface area contributed by atoms with E-state index in [-0.39, 0.29) is 11.8 Å². The zero-order chi connectivity index (χ0) is 10.7. The van der Waals surface area contributed by atoms with Crippen molar-refractivity contribution in [1.29, 1.82) is 0 Å². The van der Waals surface area contributed by atoms with Crippen LogP contribution in [-0.4, -0.2) is 31.2 Å². The summed E-state index contributed by atoms with van der Waals surface area (Å²) in [4.78, 5) is 2.07. The van der Waals surface area contributed by atoms with E-state index in [4.69, 9.17) is 4.74 Å². The molecule has 0 saturated carbocycles. The van der Waals surface area contributed by atoms with Gasteiger partial charge < -0.3 is 14.7 Å². The van der Waals surface area contributed by atoms with Crippen LogP contribution in [0.4, 0.5) is 0 Å². The molecule has 1 N–H and O–H groups in total. The van der Waals surface area contributed by atoms with Gasteiger partial charge in [0, 0.05) is 11.6 Å². The van der Waals surface area contributed by atoms with E-state index in [9.17, 15) is 5.11 Å². The van der Waals surface area contributed by atoms with Crippen LogP contribution < -0.4 is 4.74 Å². The van der Waals surface area contributed by atoms with Crippen LogP contribution in [0.15, 0.2) is 18.2 Å². The lowest BCUT2D eigenvalue weighted by Gasteiger charge is -2.22. The number of ether oxygens (including phenoxy) is 1. The Kier molecular flexibility index (Phi) is 3.36. The molecule has 1 aromatic carbocycles. The van der Waals surface area contributed by atoms with Crippen LogP contribution in [0, 0.1) is 0 Å². The summed E-state index contributed by atoms with van der Waals surface area (Å²) in [5, 5.41) is 9.39. The van der Waals surface area contributed by atoms with E-state index in [0.717, 1.165) is 11.3 Å². The van der Waals surface area contributed by atoms with Crippen LogP contribution in [0.5, 0.6) is 11.5 Å². The standard InChI is InChI=1S/C11H17NO2/c1-8(12(2)3)10-7-9(13)5-6-11(10)14-4/h5-8,13H,1-4H3. The summed E-state index contributed by atoms with van der Waals surface area (Å²) in [7, 11) is 5.63. The molecule has 1 atom stereocenters. The molecule has 0 aliphatic heterocycles. The summed E-state index contributed by atoms with van der Waals surface area (Å²) in [6.45, 7) is 2.07. The van der Waals surface area contributed by atoms with Crippen LogP contribution in [-0.2, 0) is 0 Å². The van der Waals surface area contributed by atoms with Gasteiger partial charge in [0.05, 0.1) is 7.11 Å². The molecule has 1 aromatic rings. The highest BCUT2D eigenvalue weighted by atomic mass is 16.5. The van der Waals surface area contributed by atoms with Crippen molar-refractivity contribution in [3.8, 4) is 11.5 Å². The Balaban J connectivity index is 3.10. The molecule has 0 saturated heterocycles. The number of nitrogens with zero attached hydrogens (tertiary/aromatic N) is 1. The van der Waals surface area contributed by atoms with Gasteiger partial charge in [-0.2, -0.15) is 0 Å². The topological polar surface area (TPSA) is 32.7 Å². The van der Waals surface area contributed by atoms with Gasteiger partial charge in [0.2, 0.25) is 0 Å². The molecular formula is C11H17NO2. The maximum absolute atomic E-state index is 9.39. The van der Waals surface area contributed by atoms with E-state index in [1.807, 2.05) is 14.1 Å². The van der Waals surface area contributed by atoms with Gasteiger partial charge in [-0.25, -0.2) is 0 Å². The summed E-state index contributed by atoms with van der Waals surface area (Å²) in [6, 6.07) is 5.37.